The Labute approximate surface area is 207 Å². The molecule has 0 saturated carbocycles. The highest BCUT2D eigenvalue weighted by Crippen LogP contribution is 2.44. The van der Waals surface area contributed by atoms with Crippen LogP contribution in [0.3, 0.4) is 0 Å². The van der Waals surface area contributed by atoms with Crippen LogP contribution in [0, 0.1) is 5.41 Å². The molecule has 1 atom stereocenters. The molecule has 1 unspecified atom stereocenters. The first-order valence-electron chi connectivity index (χ1n) is 12.2. The molecule has 7 heteroatoms. The summed E-state index contributed by atoms with van der Waals surface area (Å²) in [5.74, 6) is -1.48. The van der Waals surface area contributed by atoms with Crippen LogP contribution in [0.25, 0.3) is 11.1 Å². The van der Waals surface area contributed by atoms with E-state index in [1.54, 1.807) is 0 Å². The lowest BCUT2D eigenvalue weighted by Crippen LogP contribution is -2.61. The molecule has 0 saturated heterocycles. The van der Waals surface area contributed by atoms with Gasteiger partial charge in [0.15, 0.2) is 0 Å². The second-order valence-corrected chi connectivity index (χ2v) is 10.2. The van der Waals surface area contributed by atoms with Crippen LogP contribution < -0.4 is 10.6 Å². The van der Waals surface area contributed by atoms with Crippen LogP contribution >= 0.6 is 0 Å². The molecule has 0 fully saturated rings. The fraction of sp³-hybridized carbons (Fsp3) is 0.464. The lowest BCUT2D eigenvalue weighted by molar-refractivity contribution is -0.139. The van der Waals surface area contributed by atoms with Crippen molar-refractivity contribution in [2.75, 3.05) is 6.61 Å². The minimum atomic E-state index is -1.20. The van der Waals surface area contributed by atoms with Crippen molar-refractivity contribution in [1.29, 1.82) is 0 Å². The fourth-order valence-corrected chi connectivity index (χ4v) is 4.68. The predicted octanol–water partition coefficient (Wildman–Crippen LogP) is 5.09. The first-order chi connectivity index (χ1) is 16.5. The lowest BCUT2D eigenvalue weighted by Gasteiger charge is -2.36. The number of rotatable bonds is 9. The number of hydrogen-bond donors (Lipinski definition) is 3. The van der Waals surface area contributed by atoms with Crippen molar-refractivity contribution in [2.45, 2.75) is 71.4 Å². The minimum Gasteiger partial charge on any atom is -0.481 e. The molecule has 188 valence electrons. The number of hydrogen-bond acceptors (Lipinski definition) is 4. The average molecular weight is 481 g/mol. The van der Waals surface area contributed by atoms with E-state index in [1.807, 2.05) is 71.0 Å². The predicted molar refractivity (Wildman–Crippen MR) is 135 cm³/mol. The normalized spacial score (nSPS) is 14.0. The third kappa shape index (κ3) is 5.66. The number of carbonyl (C=O) groups excluding carboxylic acids is 2. The van der Waals surface area contributed by atoms with Crippen molar-refractivity contribution < 1.29 is 24.2 Å². The summed E-state index contributed by atoms with van der Waals surface area (Å²) in [6.45, 7) is 9.40. The van der Waals surface area contributed by atoms with E-state index in [0.29, 0.717) is 12.8 Å². The second-order valence-electron chi connectivity index (χ2n) is 10.2. The third-order valence-electron chi connectivity index (χ3n) is 7.06. The monoisotopic (exact) mass is 480 g/mol. The standard InChI is InChI=1S/C28H36N2O5/c1-6-28(7-2,25(33)29-23(16-24(31)32)27(3,4)5)30-26(34)35-17-22-20-14-10-8-12-18(20)19-13-9-11-15-21(19)22/h8-15,22-23H,6-7,16-17H2,1-5H3,(H,29,33)(H,30,34)(H,31,32). The van der Waals surface area contributed by atoms with Crippen molar-refractivity contribution >= 4 is 18.0 Å². The van der Waals surface area contributed by atoms with Crippen LogP contribution in [0.1, 0.15) is 70.9 Å². The number of fused-ring (bicyclic) bond motifs is 3. The first kappa shape index (κ1) is 26.3. The Balaban J connectivity index is 1.72. The van der Waals surface area contributed by atoms with Gasteiger partial charge in [0.25, 0.3) is 0 Å². The minimum absolute atomic E-state index is 0.0829. The highest BCUT2D eigenvalue weighted by Gasteiger charge is 2.40. The maximum atomic E-state index is 13.3. The molecule has 0 aromatic heterocycles. The maximum absolute atomic E-state index is 13.3. The van der Waals surface area contributed by atoms with Crippen LogP contribution in [-0.2, 0) is 14.3 Å². The van der Waals surface area contributed by atoms with Gasteiger partial charge in [0.1, 0.15) is 12.1 Å². The van der Waals surface area contributed by atoms with Gasteiger partial charge in [0.05, 0.1) is 6.42 Å². The van der Waals surface area contributed by atoms with Gasteiger partial charge >= 0.3 is 12.1 Å². The number of benzene rings is 2. The van der Waals surface area contributed by atoms with Crippen molar-refractivity contribution in [3.05, 3.63) is 59.7 Å². The topological polar surface area (TPSA) is 105 Å². The number of aliphatic carboxylic acids is 1. The van der Waals surface area contributed by atoms with E-state index in [2.05, 4.69) is 22.8 Å². The quantitative estimate of drug-likeness (QED) is 0.464. The summed E-state index contributed by atoms with van der Waals surface area (Å²) in [4.78, 5) is 37.6. The van der Waals surface area contributed by atoms with Crippen LogP contribution in [0.4, 0.5) is 4.79 Å². The molecule has 2 amide bonds. The molecule has 3 rings (SSSR count). The highest BCUT2D eigenvalue weighted by molar-refractivity contribution is 5.90. The molecule has 0 aliphatic heterocycles. The van der Waals surface area contributed by atoms with E-state index in [9.17, 15) is 19.5 Å². The number of ether oxygens (including phenoxy) is 1. The van der Waals surface area contributed by atoms with E-state index in [-0.39, 0.29) is 18.9 Å². The molecular formula is C28H36N2O5. The Morgan fingerprint density at radius 1 is 0.943 bits per heavy atom. The van der Waals surface area contributed by atoms with Crippen molar-refractivity contribution in [1.82, 2.24) is 10.6 Å². The number of amides is 2. The lowest BCUT2D eigenvalue weighted by atomic mass is 9.83. The van der Waals surface area contributed by atoms with Crippen molar-refractivity contribution in [3.8, 4) is 11.1 Å². The van der Waals surface area contributed by atoms with Gasteiger partial charge in [-0.25, -0.2) is 4.79 Å². The Morgan fingerprint density at radius 3 is 1.91 bits per heavy atom. The van der Waals surface area contributed by atoms with E-state index in [1.165, 1.54) is 0 Å². The van der Waals surface area contributed by atoms with Gasteiger partial charge < -0.3 is 20.5 Å². The number of carboxylic acid groups (broad SMARTS) is 1. The van der Waals surface area contributed by atoms with Crippen LogP contribution in [0.2, 0.25) is 0 Å². The zero-order valence-corrected chi connectivity index (χ0v) is 21.2. The van der Waals surface area contributed by atoms with Crippen LogP contribution in [-0.4, -0.2) is 41.3 Å². The molecule has 1 aliphatic carbocycles. The smallest absolute Gasteiger partial charge is 0.408 e. The number of alkyl carbamates (subject to hydrolysis) is 1. The van der Waals surface area contributed by atoms with Gasteiger partial charge in [-0.1, -0.05) is 83.1 Å². The summed E-state index contributed by atoms with van der Waals surface area (Å²) in [5, 5.41) is 15.0. The van der Waals surface area contributed by atoms with Crippen molar-refractivity contribution in [3.63, 3.8) is 0 Å². The Hall–Kier alpha value is -3.35. The largest absolute Gasteiger partial charge is 0.481 e. The molecule has 2 aromatic rings. The SMILES string of the molecule is CCC(CC)(NC(=O)OCC1c2ccccc2-c2ccccc21)C(=O)NC(CC(=O)O)C(C)(C)C. The summed E-state index contributed by atoms with van der Waals surface area (Å²) >= 11 is 0. The van der Waals surface area contributed by atoms with Gasteiger partial charge in [0.2, 0.25) is 5.91 Å². The molecule has 0 heterocycles. The Bertz CT molecular complexity index is 1040. The molecule has 3 N–H and O–H groups in total. The fourth-order valence-electron chi connectivity index (χ4n) is 4.68. The first-order valence-corrected chi connectivity index (χ1v) is 12.2. The maximum Gasteiger partial charge on any atom is 0.408 e. The summed E-state index contributed by atoms with van der Waals surface area (Å²) < 4.78 is 5.66. The molecule has 0 bridgehead atoms. The Morgan fingerprint density at radius 2 is 1.46 bits per heavy atom. The van der Waals surface area contributed by atoms with E-state index in [0.717, 1.165) is 22.3 Å². The molecule has 7 nitrogen and oxygen atoms in total. The number of carboxylic acids is 1. The summed E-state index contributed by atoms with van der Waals surface area (Å²) in [5.41, 5.74) is 2.82. The van der Waals surface area contributed by atoms with E-state index >= 15 is 0 Å². The zero-order chi connectivity index (χ0) is 25.8. The third-order valence-corrected chi connectivity index (χ3v) is 7.06. The molecule has 0 spiro atoms. The van der Waals surface area contributed by atoms with Gasteiger partial charge in [-0.3, -0.25) is 9.59 Å². The molecule has 0 radical (unpaired) electrons. The van der Waals surface area contributed by atoms with E-state index in [4.69, 9.17) is 4.74 Å². The Kier molecular flexibility index (Phi) is 7.88. The van der Waals surface area contributed by atoms with Gasteiger partial charge in [0, 0.05) is 12.0 Å². The summed E-state index contributed by atoms with van der Waals surface area (Å²) in [7, 11) is 0. The number of carbonyl (C=O) groups is 3. The molecular weight excluding hydrogens is 444 g/mol. The van der Waals surface area contributed by atoms with Gasteiger partial charge in [-0.15, -0.1) is 0 Å². The zero-order valence-electron chi connectivity index (χ0n) is 21.2. The van der Waals surface area contributed by atoms with Gasteiger partial charge in [-0.05, 0) is 40.5 Å². The molecule has 1 aliphatic rings. The van der Waals surface area contributed by atoms with Crippen molar-refractivity contribution in [2.24, 2.45) is 5.41 Å². The van der Waals surface area contributed by atoms with E-state index < -0.39 is 35.0 Å². The highest BCUT2D eigenvalue weighted by atomic mass is 16.5. The van der Waals surface area contributed by atoms with Crippen LogP contribution in [0.5, 0.6) is 0 Å². The van der Waals surface area contributed by atoms with Crippen LogP contribution in [0.15, 0.2) is 48.5 Å². The molecule has 2 aromatic carbocycles. The number of nitrogens with one attached hydrogen (secondary N) is 2. The van der Waals surface area contributed by atoms with Gasteiger partial charge in [-0.2, -0.15) is 0 Å². The summed E-state index contributed by atoms with van der Waals surface area (Å²) in [6.07, 6.45) is -0.201. The average Bonchev–Trinajstić information content (AvgIpc) is 3.13. The second kappa shape index (κ2) is 10.5. The molecule has 35 heavy (non-hydrogen) atoms. The summed E-state index contributed by atoms with van der Waals surface area (Å²) in [6, 6.07) is 15.6.